The van der Waals surface area contributed by atoms with Crippen LogP contribution in [-0.2, 0) is 16.1 Å². The summed E-state index contributed by atoms with van der Waals surface area (Å²) in [6.07, 6.45) is 2.42. The van der Waals surface area contributed by atoms with Crippen LogP contribution in [-0.4, -0.2) is 43.3 Å². The van der Waals surface area contributed by atoms with Gasteiger partial charge in [-0.3, -0.25) is 4.90 Å². The predicted octanol–water partition coefficient (Wildman–Crippen LogP) is 2.00. The van der Waals surface area contributed by atoms with Gasteiger partial charge in [-0.15, -0.1) is 0 Å². The van der Waals surface area contributed by atoms with E-state index in [2.05, 4.69) is 0 Å². The van der Waals surface area contributed by atoms with Gasteiger partial charge in [0.2, 0.25) is 0 Å². The van der Waals surface area contributed by atoms with Crippen molar-refractivity contribution in [3.05, 3.63) is 41.2 Å². The molecule has 0 aromatic heterocycles. The Bertz CT molecular complexity index is 460. The molecule has 1 aromatic rings. The SMILES string of the molecule is COCCN(C)Cc1ccc(F)cc1C=CC(=O)O. The van der Waals surface area contributed by atoms with Crippen molar-refractivity contribution in [2.24, 2.45) is 0 Å². The Kier molecular flexibility index (Phi) is 6.18. The Morgan fingerprint density at radius 3 is 2.89 bits per heavy atom. The normalized spacial score (nSPS) is 11.4. The number of carbonyl (C=O) groups is 1. The van der Waals surface area contributed by atoms with Crippen molar-refractivity contribution in [1.82, 2.24) is 4.90 Å². The van der Waals surface area contributed by atoms with E-state index in [1.807, 2.05) is 11.9 Å². The van der Waals surface area contributed by atoms with E-state index in [9.17, 15) is 9.18 Å². The third-order valence-corrected chi connectivity index (χ3v) is 2.63. The summed E-state index contributed by atoms with van der Waals surface area (Å²) in [5.41, 5.74) is 1.45. The first-order chi connectivity index (χ1) is 9.02. The highest BCUT2D eigenvalue weighted by atomic mass is 19.1. The number of carboxylic acids is 1. The molecule has 0 heterocycles. The van der Waals surface area contributed by atoms with Crippen LogP contribution in [0.1, 0.15) is 11.1 Å². The maximum absolute atomic E-state index is 13.2. The lowest BCUT2D eigenvalue weighted by Gasteiger charge is -2.17. The molecule has 1 rings (SSSR count). The monoisotopic (exact) mass is 267 g/mol. The number of hydrogen-bond acceptors (Lipinski definition) is 3. The van der Waals surface area contributed by atoms with Crippen molar-refractivity contribution >= 4 is 12.0 Å². The van der Waals surface area contributed by atoms with Crippen LogP contribution in [0.5, 0.6) is 0 Å². The van der Waals surface area contributed by atoms with E-state index in [0.29, 0.717) is 18.7 Å². The van der Waals surface area contributed by atoms with Crippen LogP contribution in [0.3, 0.4) is 0 Å². The maximum Gasteiger partial charge on any atom is 0.328 e. The van der Waals surface area contributed by atoms with Crippen molar-refractivity contribution in [3.8, 4) is 0 Å². The molecular formula is C14H18FNO3. The van der Waals surface area contributed by atoms with Crippen molar-refractivity contribution < 1.29 is 19.0 Å². The molecule has 0 spiro atoms. The molecular weight excluding hydrogens is 249 g/mol. The molecule has 4 nitrogen and oxygen atoms in total. The quantitative estimate of drug-likeness (QED) is 0.768. The zero-order valence-corrected chi connectivity index (χ0v) is 11.1. The third-order valence-electron chi connectivity index (χ3n) is 2.63. The van der Waals surface area contributed by atoms with E-state index in [0.717, 1.165) is 18.2 Å². The van der Waals surface area contributed by atoms with Gasteiger partial charge in [-0.2, -0.15) is 0 Å². The van der Waals surface area contributed by atoms with Crippen LogP contribution in [0.2, 0.25) is 0 Å². The van der Waals surface area contributed by atoms with Crippen molar-refractivity contribution in [1.29, 1.82) is 0 Å². The van der Waals surface area contributed by atoms with Gasteiger partial charge < -0.3 is 9.84 Å². The van der Waals surface area contributed by atoms with Gasteiger partial charge in [0.15, 0.2) is 0 Å². The molecule has 0 aliphatic carbocycles. The maximum atomic E-state index is 13.2. The summed E-state index contributed by atoms with van der Waals surface area (Å²) < 4.78 is 18.2. The summed E-state index contributed by atoms with van der Waals surface area (Å²) >= 11 is 0. The second-order valence-corrected chi connectivity index (χ2v) is 4.25. The summed E-state index contributed by atoms with van der Waals surface area (Å²) in [7, 11) is 3.56. The zero-order valence-electron chi connectivity index (χ0n) is 11.1. The molecule has 19 heavy (non-hydrogen) atoms. The number of methoxy groups -OCH3 is 1. The van der Waals surface area contributed by atoms with Crippen LogP contribution in [0, 0.1) is 5.82 Å². The first-order valence-electron chi connectivity index (χ1n) is 5.90. The van der Waals surface area contributed by atoms with E-state index < -0.39 is 5.97 Å². The van der Waals surface area contributed by atoms with Crippen molar-refractivity contribution in [3.63, 3.8) is 0 Å². The summed E-state index contributed by atoms with van der Waals surface area (Å²) in [5.74, 6) is -1.43. The highest BCUT2D eigenvalue weighted by Gasteiger charge is 2.06. The Balaban J connectivity index is 2.84. The molecule has 0 atom stereocenters. The van der Waals surface area contributed by atoms with Gasteiger partial charge in [-0.05, 0) is 36.4 Å². The smallest absolute Gasteiger partial charge is 0.328 e. The van der Waals surface area contributed by atoms with Crippen LogP contribution in [0.4, 0.5) is 4.39 Å². The fourth-order valence-electron chi connectivity index (χ4n) is 1.64. The lowest BCUT2D eigenvalue weighted by atomic mass is 10.1. The summed E-state index contributed by atoms with van der Waals surface area (Å²) in [5, 5.41) is 8.63. The fraction of sp³-hybridized carbons (Fsp3) is 0.357. The topological polar surface area (TPSA) is 49.8 Å². The molecule has 0 amide bonds. The van der Waals surface area contributed by atoms with E-state index in [-0.39, 0.29) is 5.82 Å². The van der Waals surface area contributed by atoms with Gasteiger partial charge in [0.25, 0.3) is 0 Å². The largest absolute Gasteiger partial charge is 0.478 e. The molecule has 0 saturated heterocycles. The van der Waals surface area contributed by atoms with Gasteiger partial charge >= 0.3 is 5.97 Å². The zero-order chi connectivity index (χ0) is 14.3. The standard InChI is InChI=1S/C14H18FNO3/c1-16(7-8-19-2)10-12-3-5-13(15)9-11(12)4-6-14(17)18/h3-6,9H,7-8,10H2,1-2H3,(H,17,18). The molecule has 0 saturated carbocycles. The number of nitrogens with zero attached hydrogens (tertiary/aromatic N) is 1. The second kappa shape index (κ2) is 7.66. The molecule has 1 N–H and O–H groups in total. The minimum atomic E-state index is -1.05. The average Bonchev–Trinajstić information content (AvgIpc) is 2.36. The van der Waals surface area contributed by atoms with Crippen LogP contribution in [0.15, 0.2) is 24.3 Å². The van der Waals surface area contributed by atoms with Crippen LogP contribution < -0.4 is 0 Å². The molecule has 1 aromatic carbocycles. The van der Waals surface area contributed by atoms with E-state index in [4.69, 9.17) is 9.84 Å². The van der Waals surface area contributed by atoms with E-state index in [1.54, 1.807) is 13.2 Å². The van der Waals surface area contributed by atoms with E-state index in [1.165, 1.54) is 18.2 Å². The molecule has 0 bridgehead atoms. The lowest BCUT2D eigenvalue weighted by molar-refractivity contribution is -0.131. The third kappa shape index (κ3) is 5.63. The van der Waals surface area contributed by atoms with Gasteiger partial charge in [-0.1, -0.05) is 6.07 Å². The molecule has 0 aliphatic rings. The van der Waals surface area contributed by atoms with Gasteiger partial charge in [0.1, 0.15) is 5.82 Å². The minimum absolute atomic E-state index is 0.381. The second-order valence-electron chi connectivity index (χ2n) is 4.25. The summed E-state index contributed by atoms with van der Waals surface area (Å²) in [4.78, 5) is 12.5. The number of rotatable bonds is 7. The molecule has 5 heteroatoms. The molecule has 0 unspecified atom stereocenters. The van der Waals surface area contributed by atoms with Gasteiger partial charge in [-0.25, -0.2) is 9.18 Å². The van der Waals surface area contributed by atoms with Crippen LogP contribution in [0.25, 0.3) is 6.08 Å². The van der Waals surface area contributed by atoms with E-state index >= 15 is 0 Å². The fourth-order valence-corrected chi connectivity index (χ4v) is 1.64. The Morgan fingerprint density at radius 2 is 2.26 bits per heavy atom. The summed E-state index contributed by atoms with van der Waals surface area (Å²) in [6.45, 7) is 1.96. The van der Waals surface area contributed by atoms with Crippen molar-refractivity contribution in [2.75, 3.05) is 27.3 Å². The first-order valence-corrected chi connectivity index (χ1v) is 5.90. The number of benzene rings is 1. The van der Waals surface area contributed by atoms with Crippen molar-refractivity contribution in [2.45, 2.75) is 6.54 Å². The van der Waals surface area contributed by atoms with Crippen LogP contribution >= 0.6 is 0 Å². The number of likely N-dealkylation sites (N-methyl/N-ethyl adjacent to an activating group) is 1. The lowest BCUT2D eigenvalue weighted by Crippen LogP contribution is -2.22. The highest BCUT2D eigenvalue weighted by molar-refractivity contribution is 5.85. The number of aliphatic carboxylic acids is 1. The number of carboxylic acid groups (broad SMARTS) is 1. The van der Waals surface area contributed by atoms with Gasteiger partial charge in [0.05, 0.1) is 6.61 Å². The van der Waals surface area contributed by atoms with Gasteiger partial charge in [0, 0.05) is 26.3 Å². The minimum Gasteiger partial charge on any atom is -0.478 e. The highest BCUT2D eigenvalue weighted by Crippen LogP contribution is 2.15. The molecule has 0 radical (unpaired) electrons. The Morgan fingerprint density at radius 1 is 1.53 bits per heavy atom. The Hall–Kier alpha value is -1.72. The summed E-state index contributed by atoms with van der Waals surface area (Å²) in [6, 6.07) is 4.37. The Labute approximate surface area is 112 Å². The first kappa shape index (κ1) is 15.3. The average molecular weight is 267 g/mol. The number of halogens is 1. The molecule has 0 aliphatic heterocycles. The number of ether oxygens (including phenoxy) is 1. The molecule has 104 valence electrons. The predicted molar refractivity (Wildman–Crippen MR) is 71.3 cm³/mol. The number of hydrogen-bond donors (Lipinski definition) is 1. The molecule has 0 fully saturated rings.